The second-order valence-corrected chi connectivity index (χ2v) is 5.22. The molecule has 96 valence electrons. The van der Waals surface area contributed by atoms with Crippen LogP contribution in [0.15, 0.2) is 0 Å². The Hall–Kier alpha value is -0.790. The summed E-state index contributed by atoms with van der Waals surface area (Å²) >= 11 is 1.48. The smallest absolute Gasteiger partial charge is 0.327 e. The molecule has 0 radical (unpaired) electrons. The minimum atomic E-state index is -0.926. The molecular weight excluding hydrogens is 244 g/mol. The zero-order valence-corrected chi connectivity index (χ0v) is 10.4. The van der Waals surface area contributed by atoms with Gasteiger partial charge in [-0.15, -0.1) is 11.8 Å². The molecule has 2 aliphatic heterocycles. The minimum absolute atomic E-state index is 0.0440. The van der Waals surface area contributed by atoms with Gasteiger partial charge in [-0.3, -0.25) is 4.79 Å². The zero-order chi connectivity index (χ0) is 12.4. The highest BCUT2D eigenvalue weighted by atomic mass is 32.2. The number of methoxy groups -OCH3 is 1. The van der Waals surface area contributed by atoms with Crippen LogP contribution in [0, 0.1) is 0 Å². The first-order chi connectivity index (χ1) is 8.13. The van der Waals surface area contributed by atoms with Gasteiger partial charge in [0.2, 0.25) is 5.91 Å². The summed E-state index contributed by atoms with van der Waals surface area (Å²) in [7, 11) is 1.62. The molecule has 3 atom stereocenters. The van der Waals surface area contributed by atoms with Crippen molar-refractivity contribution in [3.05, 3.63) is 0 Å². The quantitative estimate of drug-likeness (QED) is 0.702. The van der Waals surface area contributed by atoms with Gasteiger partial charge in [-0.1, -0.05) is 0 Å². The second-order valence-electron chi connectivity index (χ2n) is 4.22. The number of ether oxygens (including phenoxy) is 1. The van der Waals surface area contributed by atoms with Gasteiger partial charge >= 0.3 is 5.97 Å². The van der Waals surface area contributed by atoms with Crippen molar-refractivity contribution in [3.8, 4) is 0 Å². The van der Waals surface area contributed by atoms with Gasteiger partial charge in [0.1, 0.15) is 6.04 Å². The van der Waals surface area contributed by atoms with E-state index in [1.807, 2.05) is 0 Å². The highest BCUT2D eigenvalue weighted by molar-refractivity contribution is 7.99. The normalized spacial score (nSPS) is 33.0. The van der Waals surface area contributed by atoms with Crippen molar-refractivity contribution in [2.45, 2.75) is 24.6 Å². The average Bonchev–Trinajstić information content (AvgIpc) is 2.97. The number of hydrogen-bond donors (Lipinski definition) is 2. The Morgan fingerprint density at radius 2 is 2.29 bits per heavy atom. The second kappa shape index (κ2) is 5.24. The van der Waals surface area contributed by atoms with E-state index >= 15 is 0 Å². The number of carboxylic acid groups (broad SMARTS) is 1. The number of rotatable bonds is 3. The van der Waals surface area contributed by atoms with Gasteiger partial charge in [-0.2, -0.15) is 0 Å². The number of carbonyl (C=O) groups is 2. The van der Waals surface area contributed by atoms with E-state index in [-0.39, 0.29) is 18.1 Å². The molecular formula is C10H16N2O4S. The maximum absolute atomic E-state index is 12.2. The van der Waals surface area contributed by atoms with E-state index < -0.39 is 12.0 Å². The van der Waals surface area contributed by atoms with Crippen molar-refractivity contribution in [1.82, 2.24) is 10.2 Å². The number of hydrogen-bond acceptors (Lipinski definition) is 5. The fraction of sp³-hybridized carbons (Fsp3) is 0.800. The van der Waals surface area contributed by atoms with E-state index in [0.29, 0.717) is 24.6 Å². The van der Waals surface area contributed by atoms with E-state index in [1.54, 1.807) is 7.11 Å². The third-order valence-electron chi connectivity index (χ3n) is 3.17. The topological polar surface area (TPSA) is 78.9 Å². The maximum atomic E-state index is 12.2. The molecule has 2 N–H and O–H groups in total. The minimum Gasteiger partial charge on any atom is -0.480 e. The summed E-state index contributed by atoms with van der Waals surface area (Å²) in [5, 5.41) is 12.1. The monoisotopic (exact) mass is 260 g/mol. The Morgan fingerprint density at radius 3 is 2.88 bits per heavy atom. The lowest BCUT2D eigenvalue weighted by atomic mass is 10.1. The van der Waals surface area contributed by atoms with Gasteiger partial charge in [0.05, 0.1) is 18.0 Å². The van der Waals surface area contributed by atoms with Gasteiger partial charge in [0, 0.05) is 19.4 Å². The van der Waals surface area contributed by atoms with Crippen molar-refractivity contribution >= 4 is 23.6 Å². The summed E-state index contributed by atoms with van der Waals surface area (Å²) in [6.07, 6.45) is 0.658. The van der Waals surface area contributed by atoms with Crippen LogP contribution in [0.1, 0.15) is 6.42 Å². The van der Waals surface area contributed by atoms with Crippen molar-refractivity contribution < 1.29 is 19.4 Å². The first kappa shape index (κ1) is 12.7. The van der Waals surface area contributed by atoms with Gasteiger partial charge in [0.25, 0.3) is 0 Å². The lowest BCUT2D eigenvalue weighted by Gasteiger charge is -2.23. The summed E-state index contributed by atoms with van der Waals surface area (Å²) in [5.74, 6) is -0.112. The molecule has 0 aliphatic carbocycles. The number of carboxylic acids is 1. The molecule has 2 fully saturated rings. The molecule has 0 saturated carbocycles. The number of amides is 1. The van der Waals surface area contributed by atoms with Crippen molar-refractivity contribution in [2.24, 2.45) is 0 Å². The molecule has 0 spiro atoms. The molecule has 6 nitrogen and oxygen atoms in total. The van der Waals surface area contributed by atoms with Crippen LogP contribution < -0.4 is 5.32 Å². The third kappa shape index (κ3) is 2.56. The number of aliphatic carboxylic acids is 1. The molecule has 2 aliphatic rings. The molecule has 0 aromatic carbocycles. The van der Waals surface area contributed by atoms with Gasteiger partial charge in [0.15, 0.2) is 0 Å². The number of nitrogens with zero attached hydrogens (tertiary/aromatic N) is 1. The van der Waals surface area contributed by atoms with Gasteiger partial charge in [-0.25, -0.2) is 4.79 Å². The molecule has 7 heteroatoms. The summed E-state index contributed by atoms with van der Waals surface area (Å²) in [6, 6.07) is -0.989. The number of nitrogens with one attached hydrogen (secondary N) is 1. The first-order valence-corrected chi connectivity index (χ1v) is 6.66. The molecule has 2 heterocycles. The largest absolute Gasteiger partial charge is 0.480 e. The Balaban J connectivity index is 1.98. The fourth-order valence-electron chi connectivity index (χ4n) is 2.14. The van der Waals surface area contributed by atoms with Crippen LogP contribution in [0.4, 0.5) is 0 Å². The third-order valence-corrected chi connectivity index (χ3v) is 4.18. The van der Waals surface area contributed by atoms with Crippen LogP contribution in [-0.2, 0) is 14.3 Å². The lowest BCUT2D eigenvalue weighted by Crippen LogP contribution is -2.49. The Labute approximate surface area is 104 Å². The number of carbonyl (C=O) groups excluding carboxylic acids is 1. The van der Waals surface area contributed by atoms with E-state index in [4.69, 9.17) is 9.84 Å². The van der Waals surface area contributed by atoms with E-state index in [1.165, 1.54) is 16.7 Å². The van der Waals surface area contributed by atoms with E-state index in [0.717, 1.165) is 0 Å². The van der Waals surface area contributed by atoms with Crippen molar-refractivity contribution in [2.75, 3.05) is 25.3 Å². The zero-order valence-electron chi connectivity index (χ0n) is 9.59. The number of thioether (sulfide) groups is 1. The molecule has 0 aromatic rings. The predicted octanol–water partition coefficient (Wildman–Crippen LogP) is -0.651. The molecule has 2 saturated heterocycles. The van der Waals surface area contributed by atoms with Crippen LogP contribution >= 0.6 is 11.8 Å². The van der Waals surface area contributed by atoms with Crippen molar-refractivity contribution in [1.29, 1.82) is 0 Å². The molecule has 2 rings (SSSR count). The summed E-state index contributed by atoms with van der Waals surface area (Å²) < 4.78 is 5.17. The van der Waals surface area contributed by atoms with E-state index in [9.17, 15) is 9.59 Å². The highest BCUT2D eigenvalue weighted by Gasteiger charge is 2.40. The summed E-state index contributed by atoms with van der Waals surface area (Å²) in [6.45, 7) is 0.644. The summed E-state index contributed by atoms with van der Waals surface area (Å²) in [4.78, 5) is 24.6. The van der Waals surface area contributed by atoms with Crippen LogP contribution in [0.25, 0.3) is 0 Å². The molecule has 0 aromatic heterocycles. The molecule has 1 amide bonds. The molecule has 2 unspecified atom stereocenters. The Morgan fingerprint density at radius 1 is 1.53 bits per heavy atom. The summed E-state index contributed by atoms with van der Waals surface area (Å²) in [5.41, 5.74) is 0. The predicted molar refractivity (Wildman–Crippen MR) is 62.8 cm³/mol. The van der Waals surface area contributed by atoms with Crippen molar-refractivity contribution in [3.63, 3.8) is 0 Å². The van der Waals surface area contributed by atoms with Gasteiger partial charge < -0.3 is 20.1 Å². The van der Waals surface area contributed by atoms with Crippen LogP contribution in [-0.4, -0.2) is 65.4 Å². The lowest BCUT2D eigenvalue weighted by molar-refractivity contribution is -0.148. The highest BCUT2D eigenvalue weighted by Crippen LogP contribution is 2.23. The van der Waals surface area contributed by atoms with E-state index in [2.05, 4.69) is 5.32 Å². The van der Waals surface area contributed by atoms with Crippen LogP contribution in [0.2, 0.25) is 0 Å². The Bertz CT molecular complexity index is 325. The average molecular weight is 260 g/mol. The molecule has 0 bridgehead atoms. The molecule has 17 heavy (non-hydrogen) atoms. The first-order valence-electron chi connectivity index (χ1n) is 5.50. The van der Waals surface area contributed by atoms with Crippen LogP contribution in [0.5, 0.6) is 0 Å². The maximum Gasteiger partial charge on any atom is 0.327 e. The standard InChI is InChI=1S/C10H16N2O4S/c1-16-6-2-7(11-3-6)9(13)12-5-17-4-8(12)10(14)15/h6-8,11H,2-5H2,1H3,(H,14,15)/t6?,7?,8-/m0/s1. The van der Waals surface area contributed by atoms with Crippen LogP contribution in [0.3, 0.4) is 0 Å². The SMILES string of the molecule is COC1CNC(C(=O)N2CSC[C@H]2C(=O)O)C1. The van der Waals surface area contributed by atoms with Gasteiger partial charge in [-0.05, 0) is 6.42 Å². The Kier molecular flexibility index (Phi) is 3.90. The fourth-order valence-corrected chi connectivity index (χ4v) is 3.29.